The number of H-pyrrole nitrogens is 1. The summed E-state index contributed by atoms with van der Waals surface area (Å²) in [5.74, 6) is 1.10. The second kappa shape index (κ2) is 5.07. The van der Waals surface area contributed by atoms with Gasteiger partial charge in [-0.15, -0.1) is 5.10 Å². The predicted molar refractivity (Wildman–Crippen MR) is 75.6 cm³/mol. The van der Waals surface area contributed by atoms with Crippen molar-refractivity contribution < 1.29 is 4.79 Å². The molecule has 2 rings (SSSR count). The van der Waals surface area contributed by atoms with Gasteiger partial charge in [-0.05, 0) is 13.8 Å². The van der Waals surface area contributed by atoms with Crippen molar-refractivity contribution in [1.82, 2.24) is 25.0 Å². The Morgan fingerprint density at radius 1 is 1.40 bits per heavy atom. The van der Waals surface area contributed by atoms with E-state index in [0.717, 1.165) is 0 Å². The maximum absolute atomic E-state index is 12.1. The number of rotatable bonds is 3. The van der Waals surface area contributed by atoms with Gasteiger partial charge in [-0.3, -0.25) is 9.89 Å². The van der Waals surface area contributed by atoms with Crippen molar-refractivity contribution in [3.05, 3.63) is 23.9 Å². The topological polar surface area (TPSA) is 88.5 Å². The molecule has 0 saturated carbocycles. The number of aromatic amines is 1. The average Bonchev–Trinajstić information content (AvgIpc) is 2.95. The van der Waals surface area contributed by atoms with Crippen LogP contribution in [-0.4, -0.2) is 30.9 Å². The maximum Gasteiger partial charge on any atom is 0.296 e. The van der Waals surface area contributed by atoms with Crippen LogP contribution in [0, 0.1) is 0 Å². The molecule has 2 aromatic heterocycles. The summed E-state index contributed by atoms with van der Waals surface area (Å²) in [5, 5.41) is 13.7. The molecule has 20 heavy (non-hydrogen) atoms. The molecular weight excluding hydrogens is 256 g/mol. The fourth-order valence-electron chi connectivity index (χ4n) is 1.70. The number of hydrogen-bond donors (Lipinski definition) is 2. The first-order valence-electron chi connectivity index (χ1n) is 6.57. The minimum Gasteiger partial charge on any atom is -0.304 e. The summed E-state index contributed by atoms with van der Waals surface area (Å²) in [7, 11) is 0. The molecular formula is C13H20N6O. The normalized spacial score (nSPS) is 11.9. The third kappa shape index (κ3) is 2.87. The number of carbonyl (C=O) groups is 1. The number of amides is 1. The summed E-state index contributed by atoms with van der Waals surface area (Å²) in [5.41, 5.74) is -0.175. The van der Waals surface area contributed by atoms with Crippen LogP contribution in [0.2, 0.25) is 0 Å². The van der Waals surface area contributed by atoms with E-state index in [-0.39, 0.29) is 23.2 Å². The molecule has 0 atom stereocenters. The van der Waals surface area contributed by atoms with E-state index in [1.165, 1.54) is 0 Å². The Balaban J connectivity index is 2.16. The van der Waals surface area contributed by atoms with Gasteiger partial charge in [0.1, 0.15) is 11.6 Å². The molecule has 7 heteroatoms. The van der Waals surface area contributed by atoms with Gasteiger partial charge < -0.3 is 5.32 Å². The van der Waals surface area contributed by atoms with Crippen LogP contribution in [0.5, 0.6) is 0 Å². The lowest BCUT2D eigenvalue weighted by Gasteiger charge is -2.13. The smallest absolute Gasteiger partial charge is 0.296 e. The maximum atomic E-state index is 12.1. The standard InChI is InChI=1S/C13H20N6O/c1-8(2)19-9(6-7-14-19)15-11(20)10-16-12(18-17-10)13(3,4)5/h6-8H,1-5H3,(H,15,20)(H,16,17,18). The summed E-state index contributed by atoms with van der Waals surface area (Å²) < 4.78 is 1.73. The number of nitrogens with one attached hydrogen (secondary N) is 2. The van der Waals surface area contributed by atoms with E-state index in [1.54, 1.807) is 16.9 Å². The van der Waals surface area contributed by atoms with Gasteiger partial charge in [0, 0.05) is 17.5 Å². The molecule has 0 fully saturated rings. The molecule has 1 amide bonds. The first-order chi connectivity index (χ1) is 9.29. The number of anilines is 1. The van der Waals surface area contributed by atoms with E-state index in [1.807, 2.05) is 34.6 Å². The lowest BCUT2D eigenvalue weighted by atomic mass is 9.96. The molecule has 0 radical (unpaired) electrons. The Hall–Kier alpha value is -2.18. The van der Waals surface area contributed by atoms with Crippen LogP contribution in [0.25, 0.3) is 0 Å². The van der Waals surface area contributed by atoms with Crippen LogP contribution in [0.1, 0.15) is 57.1 Å². The zero-order valence-corrected chi connectivity index (χ0v) is 12.4. The van der Waals surface area contributed by atoms with Gasteiger partial charge in [0.15, 0.2) is 0 Å². The SMILES string of the molecule is CC(C)n1nccc1NC(=O)c1n[nH]c(C(C)(C)C)n1. The van der Waals surface area contributed by atoms with Gasteiger partial charge in [-0.2, -0.15) is 5.10 Å². The van der Waals surface area contributed by atoms with E-state index in [0.29, 0.717) is 11.6 Å². The summed E-state index contributed by atoms with van der Waals surface area (Å²) in [4.78, 5) is 16.4. The third-order valence-electron chi connectivity index (χ3n) is 2.80. The van der Waals surface area contributed by atoms with Gasteiger partial charge in [-0.25, -0.2) is 9.67 Å². The van der Waals surface area contributed by atoms with Crippen LogP contribution in [-0.2, 0) is 5.41 Å². The van der Waals surface area contributed by atoms with Gasteiger partial charge in [0.05, 0.1) is 6.20 Å². The molecule has 0 bridgehead atoms. The predicted octanol–water partition coefficient (Wildman–Crippen LogP) is 2.13. The molecule has 0 aliphatic heterocycles. The van der Waals surface area contributed by atoms with E-state index in [9.17, 15) is 4.79 Å². The Morgan fingerprint density at radius 2 is 2.10 bits per heavy atom. The van der Waals surface area contributed by atoms with Crippen molar-refractivity contribution >= 4 is 11.7 Å². The van der Waals surface area contributed by atoms with Crippen molar-refractivity contribution in [3.63, 3.8) is 0 Å². The monoisotopic (exact) mass is 276 g/mol. The van der Waals surface area contributed by atoms with Crippen LogP contribution < -0.4 is 5.32 Å². The van der Waals surface area contributed by atoms with Crippen molar-refractivity contribution in [2.45, 2.75) is 46.1 Å². The van der Waals surface area contributed by atoms with Crippen LogP contribution in [0.3, 0.4) is 0 Å². The van der Waals surface area contributed by atoms with Crippen LogP contribution in [0.4, 0.5) is 5.82 Å². The van der Waals surface area contributed by atoms with Crippen molar-refractivity contribution in [2.24, 2.45) is 0 Å². The molecule has 0 aliphatic rings. The zero-order chi connectivity index (χ0) is 14.9. The highest BCUT2D eigenvalue weighted by Gasteiger charge is 2.22. The average molecular weight is 276 g/mol. The fourth-order valence-corrected chi connectivity index (χ4v) is 1.70. The van der Waals surface area contributed by atoms with E-state index in [4.69, 9.17) is 0 Å². The van der Waals surface area contributed by atoms with Gasteiger partial charge in [0.2, 0.25) is 5.82 Å². The van der Waals surface area contributed by atoms with Crippen molar-refractivity contribution in [2.75, 3.05) is 5.32 Å². The Kier molecular flexibility index (Phi) is 3.61. The minimum atomic E-state index is -0.348. The van der Waals surface area contributed by atoms with Gasteiger partial charge in [0.25, 0.3) is 5.91 Å². The van der Waals surface area contributed by atoms with Crippen molar-refractivity contribution in [3.8, 4) is 0 Å². The van der Waals surface area contributed by atoms with E-state index in [2.05, 4.69) is 25.6 Å². The number of carbonyl (C=O) groups excluding carboxylic acids is 1. The molecule has 2 aromatic rings. The van der Waals surface area contributed by atoms with Gasteiger partial charge >= 0.3 is 0 Å². The lowest BCUT2D eigenvalue weighted by Crippen LogP contribution is -2.18. The Morgan fingerprint density at radius 3 is 2.65 bits per heavy atom. The highest BCUT2D eigenvalue weighted by atomic mass is 16.2. The number of aromatic nitrogens is 5. The molecule has 2 heterocycles. The molecule has 0 unspecified atom stereocenters. The molecule has 0 spiro atoms. The molecule has 2 N–H and O–H groups in total. The number of hydrogen-bond acceptors (Lipinski definition) is 4. The molecule has 0 aromatic carbocycles. The first kappa shape index (κ1) is 14.2. The summed E-state index contributed by atoms with van der Waals surface area (Å²) in [6.07, 6.45) is 1.65. The zero-order valence-electron chi connectivity index (χ0n) is 12.4. The Labute approximate surface area is 117 Å². The fraction of sp³-hybridized carbons (Fsp3) is 0.538. The highest BCUT2D eigenvalue weighted by Crippen LogP contribution is 2.18. The first-order valence-corrected chi connectivity index (χ1v) is 6.57. The second-order valence-electron chi connectivity index (χ2n) is 5.97. The summed E-state index contributed by atoms with van der Waals surface area (Å²) in [6.45, 7) is 10.00. The van der Waals surface area contributed by atoms with Gasteiger partial charge in [-0.1, -0.05) is 20.8 Å². The number of nitrogens with zero attached hydrogens (tertiary/aromatic N) is 4. The quantitative estimate of drug-likeness (QED) is 0.898. The highest BCUT2D eigenvalue weighted by molar-refractivity contribution is 6.00. The van der Waals surface area contributed by atoms with Crippen molar-refractivity contribution in [1.29, 1.82) is 0 Å². The van der Waals surface area contributed by atoms with E-state index >= 15 is 0 Å². The second-order valence-corrected chi connectivity index (χ2v) is 5.97. The van der Waals surface area contributed by atoms with Crippen LogP contribution in [0.15, 0.2) is 12.3 Å². The molecule has 108 valence electrons. The van der Waals surface area contributed by atoms with Crippen LogP contribution >= 0.6 is 0 Å². The van der Waals surface area contributed by atoms with E-state index < -0.39 is 0 Å². The lowest BCUT2D eigenvalue weighted by molar-refractivity contribution is 0.101. The molecule has 0 aliphatic carbocycles. The Bertz CT molecular complexity index is 604. The summed E-state index contributed by atoms with van der Waals surface area (Å²) >= 11 is 0. The largest absolute Gasteiger partial charge is 0.304 e. The summed E-state index contributed by atoms with van der Waals surface area (Å²) in [6, 6.07) is 1.91. The molecule has 7 nitrogen and oxygen atoms in total. The minimum absolute atomic E-state index is 0.131. The molecule has 0 saturated heterocycles. The third-order valence-corrected chi connectivity index (χ3v) is 2.80.